The summed E-state index contributed by atoms with van der Waals surface area (Å²) in [4.78, 5) is 11.8. The molecule has 0 bridgehead atoms. The summed E-state index contributed by atoms with van der Waals surface area (Å²) < 4.78 is 47.3. The quantitative estimate of drug-likeness (QED) is 0.441. The highest BCUT2D eigenvalue weighted by molar-refractivity contribution is 7.81. The highest BCUT2D eigenvalue weighted by Crippen LogP contribution is 2.22. The molecule has 10 heteroatoms. The van der Waals surface area contributed by atoms with E-state index in [0.29, 0.717) is 16.8 Å². The summed E-state index contributed by atoms with van der Waals surface area (Å²) in [5.41, 5.74) is 1.33. The molecule has 146 valence electrons. The van der Waals surface area contributed by atoms with Gasteiger partial charge in [-0.15, -0.1) is 0 Å². The van der Waals surface area contributed by atoms with Gasteiger partial charge in [0.25, 0.3) is 6.43 Å². The zero-order valence-electron chi connectivity index (χ0n) is 14.1. The maximum absolute atomic E-state index is 13.2. The van der Waals surface area contributed by atoms with Crippen molar-refractivity contribution in [2.24, 2.45) is 0 Å². The third-order valence-corrected chi connectivity index (χ3v) is 3.86. The van der Waals surface area contributed by atoms with Gasteiger partial charge >= 0.3 is 6.09 Å². The number of alkyl halides is 2. The topological polar surface area (TPSA) is 76.4 Å². The Kier molecular flexibility index (Phi) is 7.74. The highest BCUT2D eigenvalue weighted by atomic mass is 32.1. The van der Waals surface area contributed by atoms with Crippen LogP contribution in [0.2, 0.25) is 0 Å². The number of benzene rings is 1. The molecular formula is C17H18F3N3O3S. The second-order valence-electron chi connectivity index (χ2n) is 5.51. The Morgan fingerprint density at radius 2 is 2.15 bits per heavy atom. The van der Waals surface area contributed by atoms with Gasteiger partial charge < -0.3 is 14.6 Å². The molecule has 0 aliphatic heterocycles. The number of amides is 1. The van der Waals surface area contributed by atoms with E-state index in [1.54, 1.807) is 6.07 Å². The Labute approximate surface area is 159 Å². The Hall–Kier alpha value is -2.46. The van der Waals surface area contributed by atoms with Crippen molar-refractivity contribution < 1.29 is 27.2 Å². The minimum atomic E-state index is -2.46. The standard InChI is InChI=1S/C17H18F3N3O3S/c1-10(7-21-8-15(19)20)14(27)9-25-17(24)22-16-6-13(23-26-16)11-3-2-4-12(18)5-11/h2-6,14-15,21,27H,1,7-9H2,(H,22,24). The first-order valence-corrected chi connectivity index (χ1v) is 8.38. The number of anilines is 1. The third kappa shape index (κ3) is 6.99. The SMILES string of the molecule is C=C(CNCC(F)F)C(S)COC(=O)Nc1cc(-c2cccc(F)c2)no1. The molecule has 2 aromatic rings. The van der Waals surface area contributed by atoms with Crippen molar-refractivity contribution in [3.05, 3.63) is 48.3 Å². The minimum Gasteiger partial charge on any atom is -0.448 e. The Morgan fingerprint density at radius 1 is 1.37 bits per heavy atom. The average molecular weight is 401 g/mol. The molecule has 0 aliphatic carbocycles. The summed E-state index contributed by atoms with van der Waals surface area (Å²) >= 11 is 4.21. The molecule has 2 rings (SSSR count). The van der Waals surface area contributed by atoms with Gasteiger partial charge in [-0.25, -0.2) is 18.0 Å². The number of aromatic nitrogens is 1. The summed E-state index contributed by atoms with van der Waals surface area (Å²) in [7, 11) is 0. The fourth-order valence-electron chi connectivity index (χ4n) is 1.99. The summed E-state index contributed by atoms with van der Waals surface area (Å²) in [6.45, 7) is 3.26. The maximum atomic E-state index is 13.2. The van der Waals surface area contributed by atoms with Crippen LogP contribution in [0.4, 0.5) is 23.8 Å². The zero-order chi connectivity index (χ0) is 19.8. The normalized spacial score (nSPS) is 12.0. The van der Waals surface area contributed by atoms with E-state index < -0.39 is 30.1 Å². The van der Waals surface area contributed by atoms with Crippen molar-refractivity contribution in [2.45, 2.75) is 11.7 Å². The summed E-state index contributed by atoms with van der Waals surface area (Å²) in [5.74, 6) is -0.403. The minimum absolute atomic E-state index is 0.0207. The Balaban J connectivity index is 1.78. The van der Waals surface area contributed by atoms with Gasteiger partial charge in [0.1, 0.15) is 18.1 Å². The van der Waals surface area contributed by atoms with Crippen molar-refractivity contribution in [1.29, 1.82) is 0 Å². The number of carbonyl (C=O) groups is 1. The molecule has 1 heterocycles. The van der Waals surface area contributed by atoms with E-state index in [-0.39, 0.29) is 19.0 Å². The second kappa shape index (κ2) is 10.0. The molecule has 0 saturated carbocycles. The maximum Gasteiger partial charge on any atom is 0.414 e. The molecule has 1 unspecified atom stereocenters. The molecule has 0 saturated heterocycles. The highest BCUT2D eigenvalue weighted by Gasteiger charge is 2.14. The van der Waals surface area contributed by atoms with Crippen molar-refractivity contribution in [3.8, 4) is 11.3 Å². The molecule has 0 fully saturated rings. The van der Waals surface area contributed by atoms with Gasteiger partial charge in [0.2, 0.25) is 5.88 Å². The number of nitrogens with one attached hydrogen (secondary N) is 2. The fraction of sp³-hybridized carbons (Fsp3) is 0.294. The van der Waals surface area contributed by atoms with Gasteiger partial charge in [-0.2, -0.15) is 12.6 Å². The Bertz CT molecular complexity index is 786. The van der Waals surface area contributed by atoms with E-state index in [2.05, 4.69) is 35.0 Å². The molecule has 1 aromatic heterocycles. The first kappa shape index (κ1) is 20.8. The van der Waals surface area contributed by atoms with Crippen LogP contribution in [0.25, 0.3) is 11.3 Å². The number of hydrogen-bond donors (Lipinski definition) is 3. The van der Waals surface area contributed by atoms with Crippen LogP contribution < -0.4 is 10.6 Å². The number of rotatable bonds is 9. The van der Waals surface area contributed by atoms with Crippen LogP contribution in [-0.2, 0) is 4.74 Å². The smallest absolute Gasteiger partial charge is 0.414 e. The van der Waals surface area contributed by atoms with Crippen molar-refractivity contribution in [3.63, 3.8) is 0 Å². The average Bonchev–Trinajstić information content (AvgIpc) is 3.07. The van der Waals surface area contributed by atoms with Gasteiger partial charge in [-0.1, -0.05) is 23.9 Å². The molecule has 0 spiro atoms. The predicted molar refractivity (Wildman–Crippen MR) is 97.7 cm³/mol. The third-order valence-electron chi connectivity index (χ3n) is 3.35. The molecule has 27 heavy (non-hydrogen) atoms. The lowest BCUT2D eigenvalue weighted by Crippen LogP contribution is -2.28. The fourth-order valence-corrected chi connectivity index (χ4v) is 2.15. The van der Waals surface area contributed by atoms with Crippen LogP contribution in [0.5, 0.6) is 0 Å². The van der Waals surface area contributed by atoms with E-state index in [1.807, 2.05) is 0 Å². The number of hydrogen-bond acceptors (Lipinski definition) is 6. The number of carbonyl (C=O) groups excluding carboxylic acids is 1. The van der Waals surface area contributed by atoms with Crippen LogP contribution in [-0.4, -0.2) is 42.6 Å². The lowest BCUT2D eigenvalue weighted by Gasteiger charge is -2.14. The van der Waals surface area contributed by atoms with Gasteiger partial charge in [0, 0.05) is 18.2 Å². The van der Waals surface area contributed by atoms with Gasteiger partial charge in [0.05, 0.1) is 11.8 Å². The molecule has 1 aromatic carbocycles. The van der Waals surface area contributed by atoms with Crippen molar-refractivity contribution in [2.75, 3.05) is 25.0 Å². The van der Waals surface area contributed by atoms with Gasteiger partial charge in [0.15, 0.2) is 0 Å². The molecule has 0 radical (unpaired) electrons. The monoisotopic (exact) mass is 401 g/mol. The van der Waals surface area contributed by atoms with Crippen LogP contribution in [0.1, 0.15) is 0 Å². The number of ether oxygens (including phenoxy) is 1. The second-order valence-corrected chi connectivity index (χ2v) is 6.13. The van der Waals surface area contributed by atoms with Crippen LogP contribution >= 0.6 is 12.6 Å². The van der Waals surface area contributed by atoms with Crippen LogP contribution in [0.3, 0.4) is 0 Å². The van der Waals surface area contributed by atoms with Crippen molar-refractivity contribution >= 4 is 24.6 Å². The molecule has 0 aliphatic rings. The molecule has 1 atom stereocenters. The number of halogens is 3. The molecule has 6 nitrogen and oxygen atoms in total. The lowest BCUT2D eigenvalue weighted by molar-refractivity contribution is 0.147. The largest absolute Gasteiger partial charge is 0.448 e. The Morgan fingerprint density at radius 3 is 2.85 bits per heavy atom. The zero-order valence-corrected chi connectivity index (χ0v) is 15.0. The van der Waals surface area contributed by atoms with E-state index >= 15 is 0 Å². The first-order chi connectivity index (χ1) is 12.8. The summed E-state index contributed by atoms with van der Waals surface area (Å²) in [5, 5.41) is 8.06. The summed E-state index contributed by atoms with van der Waals surface area (Å²) in [6, 6.07) is 7.16. The lowest BCUT2D eigenvalue weighted by atomic mass is 10.1. The number of nitrogens with zero attached hydrogens (tertiary/aromatic N) is 1. The van der Waals surface area contributed by atoms with E-state index in [9.17, 15) is 18.0 Å². The predicted octanol–water partition coefficient (Wildman–Crippen LogP) is 3.74. The summed E-state index contributed by atoms with van der Waals surface area (Å²) in [6.07, 6.45) is -3.28. The van der Waals surface area contributed by atoms with Gasteiger partial charge in [-0.3, -0.25) is 5.32 Å². The molecule has 2 N–H and O–H groups in total. The van der Waals surface area contributed by atoms with E-state index in [1.165, 1.54) is 24.3 Å². The van der Waals surface area contributed by atoms with Crippen LogP contribution in [0, 0.1) is 5.82 Å². The van der Waals surface area contributed by atoms with Crippen molar-refractivity contribution in [1.82, 2.24) is 10.5 Å². The van der Waals surface area contributed by atoms with Crippen LogP contribution in [0.15, 0.2) is 47.0 Å². The number of thiol groups is 1. The van der Waals surface area contributed by atoms with E-state index in [0.717, 1.165) is 0 Å². The van der Waals surface area contributed by atoms with Gasteiger partial charge in [-0.05, 0) is 17.7 Å². The van der Waals surface area contributed by atoms with E-state index in [4.69, 9.17) is 9.26 Å². The molecule has 1 amide bonds. The first-order valence-electron chi connectivity index (χ1n) is 7.86. The molecular weight excluding hydrogens is 383 g/mol.